The topological polar surface area (TPSA) is 86.9 Å². The molecule has 0 aliphatic rings. The first-order chi connectivity index (χ1) is 13.3. The van der Waals surface area contributed by atoms with E-state index in [1.54, 1.807) is 0 Å². The molecule has 3 aromatic rings. The number of fused-ring (bicyclic) bond motifs is 1. The number of carbonyl (C=O) groups excluding carboxylic acids is 2. The first kappa shape index (κ1) is 19.9. The highest BCUT2D eigenvalue weighted by atomic mass is 32.2. The van der Waals surface area contributed by atoms with Crippen LogP contribution in [0, 0.1) is 27.7 Å². The molecule has 146 valence electrons. The Morgan fingerprint density at radius 1 is 1.00 bits per heavy atom. The molecule has 1 heterocycles. The van der Waals surface area contributed by atoms with E-state index in [1.165, 1.54) is 11.8 Å². The van der Waals surface area contributed by atoms with Crippen LogP contribution < -0.4 is 10.6 Å². The van der Waals surface area contributed by atoms with Crippen molar-refractivity contribution in [2.75, 3.05) is 17.6 Å². The summed E-state index contributed by atoms with van der Waals surface area (Å²) in [7, 11) is 0. The SMILES string of the molecule is Cc1cc(C)c(NC(=O)CNC(=O)CSc2nc3ccc(C)cc3[nH]2)c(C)c1. The summed E-state index contributed by atoms with van der Waals surface area (Å²) < 4.78 is 0. The average Bonchev–Trinajstić information content (AvgIpc) is 3.03. The number of nitrogens with zero attached hydrogens (tertiary/aromatic N) is 1. The standard InChI is InChI=1S/C21H24N4O2S/c1-12-5-6-16-17(9-12)24-21(23-16)28-11-19(27)22-10-18(26)25-20-14(3)7-13(2)8-15(20)4/h5-9H,10-11H2,1-4H3,(H,22,27)(H,23,24)(H,25,26). The monoisotopic (exact) mass is 396 g/mol. The van der Waals surface area contributed by atoms with Gasteiger partial charge in [0.15, 0.2) is 5.16 Å². The zero-order valence-electron chi connectivity index (χ0n) is 16.5. The second-order valence-corrected chi connectivity index (χ2v) is 7.91. The number of anilines is 1. The van der Waals surface area contributed by atoms with Crippen LogP contribution in [-0.2, 0) is 9.59 Å². The quantitative estimate of drug-likeness (QED) is 0.555. The molecule has 0 unspecified atom stereocenters. The summed E-state index contributed by atoms with van der Waals surface area (Å²) in [5, 5.41) is 6.22. The molecule has 3 N–H and O–H groups in total. The van der Waals surface area contributed by atoms with Crippen LogP contribution in [0.2, 0.25) is 0 Å². The molecular weight excluding hydrogens is 372 g/mol. The fourth-order valence-electron chi connectivity index (χ4n) is 3.09. The van der Waals surface area contributed by atoms with Crippen molar-refractivity contribution in [1.29, 1.82) is 0 Å². The molecule has 2 amide bonds. The Kier molecular flexibility index (Phi) is 6.04. The molecule has 0 aliphatic heterocycles. The third-order valence-corrected chi connectivity index (χ3v) is 5.22. The Morgan fingerprint density at radius 3 is 2.43 bits per heavy atom. The second-order valence-electron chi connectivity index (χ2n) is 6.95. The summed E-state index contributed by atoms with van der Waals surface area (Å²) in [5.41, 5.74) is 6.94. The number of hydrogen-bond donors (Lipinski definition) is 3. The van der Waals surface area contributed by atoms with Crippen LogP contribution >= 0.6 is 11.8 Å². The van der Waals surface area contributed by atoms with E-state index in [-0.39, 0.29) is 24.1 Å². The first-order valence-corrected chi connectivity index (χ1v) is 10.0. The number of hydrogen-bond acceptors (Lipinski definition) is 4. The maximum absolute atomic E-state index is 12.2. The maximum Gasteiger partial charge on any atom is 0.243 e. The van der Waals surface area contributed by atoms with Gasteiger partial charge in [-0.15, -0.1) is 0 Å². The molecule has 1 aromatic heterocycles. The zero-order chi connectivity index (χ0) is 20.3. The number of carbonyl (C=O) groups is 2. The second kappa shape index (κ2) is 8.48. The first-order valence-electron chi connectivity index (χ1n) is 9.05. The van der Waals surface area contributed by atoms with Crippen molar-refractivity contribution >= 4 is 40.3 Å². The number of aromatic amines is 1. The number of aromatic nitrogens is 2. The molecule has 0 radical (unpaired) electrons. The maximum atomic E-state index is 12.2. The molecule has 0 bridgehead atoms. The van der Waals surface area contributed by atoms with Crippen molar-refractivity contribution in [3.05, 3.63) is 52.6 Å². The van der Waals surface area contributed by atoms with E-state index in [0.29, 0.717) is 5.16 Å². The van der Waals surface area contributed by atoms with E-state index in [1.807, 2.05) is 58.0 Å². The summed E-state index contributed by atoms with van der Waals surface area (Å²) in [6, 6.07) is 10.0. The van der Waals surface area contributed by atoms with Gasteiger partial charge in [-0.3, -0.25) is 9.59 Å². The minimum Gasteiger partial charge on any atom is -0.346 e. The highest BCUT2D eigenvalue weighted by Gasteiger charge is 2.11. The molecule has 0 aliphatic carbocycles. The number of thioether (sulfide) groups is 1. The van der Waals surface area contributed by atoms with Gasteiger partial charge in [-0.05, 0) is 56.5 Å². The molecule has 0 spiro atoms. The number of rotatable bonds is 6. The van der Waals surface area contributed by atoms with Crippen LogP contribution in [0.15, 0.2) is 35.5 Å². The van der Waals surface area contributed by atoms with Crippen LogP contribution in [-0.4, -0.2) is 34.1 Å². The Labute approximate surface area is 168 Å². The summed E-state index contributed by atoms with van der Waals surface area (Å²) >= 11 is 1.31. The number of imidazole rings is 1. The van der Waals surface area contributed by atoms with Crippen molar-refractivity contribution in [1.82, 2.24) is 15.3 Å². The normalized spacial score (nSPS) is 10.9. The zero-order valence-corrected chi connectivity index (χ0v) is 17.3. The molecule has 6 nitrogen and oxygen atoms in total. The molecule has 0 atom stereocenters. The number of nitrogens with one attached hydrogen (secondary N) is 3. The lowest BCUT2D eigenvalue weighted by atomic mass is 10.1. The fourth-order valence-corrected chi connectivity index (χ4v) is 3.81. The molecule has 2 aromatic carbocycles. The number of benzene rings is 2. The van der Waals surface area contributed by atoms with Gasteiger partial charge in [0.05, 0.1) is 23.3 Å². The van der Waals surface area contributed by atoms with Crippen LogP contribution in [0.5, 0.6) is 0 Å². The molecule has 0 saturated heterocycles. The van der Waals surface area contributed by atoms with Crippen LogP contribution in [0.3, 0.4) is 0 Å². The summed E-state index contributed by atoms with van der Waals surface area (Å²) in [5.74, 6) is -0.268. The van der Waals surface area contributed by atoms with E-state index in [2.05, 4.69) is 20.6 Å². The van der Waals surface area contributed by atoms with Crippen molar-refractivity contribution in [2.24, 2.45) is 0 Å². The van der Waals surface area contributed by atoms with Gasteiger partial charge >= 0.3 is 0 Å². The lowest BCUT2D eigenvalue weighted by Gasteiger charge is -2.13. The lowest BCUT2D eigenvalue weighted by molar-refractivity contribution is -0.122. The van der Waals surface area contributed by atoms with Crippen molar-refractivity contribution in [3.63, 3.8) is 0 Å². The summed E-state index contributed by atoms with van der Waals surface area (Å²) in [4.78, 5) is 31.9. The minimum atomic E-state index is -0.243. The molecule has 0 saturated carbocycles. The molecule has 3 rings (SSSR count). The van der Waals surface area contributed by atoms with Crippen molar-refractivity contribution < 1.29 is 9.59 Å². The molecular formula is C21H24N4O2S. The smallest absolute Gasteiger partial charge is 0.243 e. The van der Waals surface area contributed by atoms with Crippen LogP contribution in [0.1, 0.15) is 22.3 Å². The highest BCUT2D eigenvalue weighted by molar-refractivity contribution is 7.99. The lowest BCUT2D eigenvalue weighted by Crippen LogP contribution is -2.34. The highest BCUT2D eigenvalue weighted by Crippen LogP contribution is 2.22. The predicted octanol–water partition coefficient (Wildman–Crippen LogP) is 3.64. The van der Waals surface area contributed by atoms with Gasteiger partial charge in [-0.2, -0.15) is 0 Å². The Balaban J connectivity index is 1.49. The molecule has 28 heavy (non-hydrogen) atoms. The largest absolute Gasteiger partial charge is 0.346 e. The third-order valence-electron chi connectivity index (χ3n) is 4.34. The summed E-state index contributed by atoms with van der Waals surface area (Å²) in [6.07, 6.45) is 0. The Bertz CT molecular complexity index is 1020. The van der Waals surface area contributed by atoms with Crippen LogP contribution in [0.4, 0.5) is 5.69 Å². The average molecular weight is 397 g/mol. The summed E-state index contributed by atoms with van der Waals surface area (Å²) in [6.45, 7) is 7.89. The van der Waals surface area contributed by atoms with E-state index >= 15 is 0 Å². The minimum absolute atomic E-state index is 0.0640. The number of amides is 2. The molecule has 7 heteroatoms. The molecule has 0 fully saturated rings. The van der Waals surface area contributed by atoms with Crippen molar-refractivity contribution in [3.8, 4) is 0 Å². The predicted molar refractivity (Wildman–Crippen MR) is 114 cm³/mol. The van der Waals surface area contributed by atoms with Gasteiger partial charge < -0.3 is 15.6 Å². The van der Waals surface area contributed by atoms with E-state index in [4.69, 9.17) is 0 Å². The van der Waals surface area contributed by atoms with Gasteiger partial charge in [0.1, 0.15) is 0 Å². The fraction of sp³-hybridized carbons (Fsp3) is 0.286. The van der Waals surface area contributed by atoms with E-state index in [0.717, 1.165) is 39.0 Å². The number of aryl methyl sites for hydroxylation is 4. The van der Waals surface area contributed by atoms with Gasteiger partial charge in [-0.25, -0.2) is 4.98 Å². The van der Waals surface area contributed by atoms with Gasteiger partial charge in [0.25, 0.3) is 0 Å². The van der Waals surface area contributed by atoms with Gasteiger partial charge in [0, 0.05) is 5.69 Å². The Morgan fingerprint density at radius 2 is 1.71 bits per heavy atom. The van der Waals surface area contributed by atoms with Gasteiger partial charge in [-0.1, -0.05) is 35.5 Å². The van der Waals surface area contributed by atoms with Crippen molar-refractivity contribution in [2.45, 2.75) is 32.9 Å². The number of H-pyrrole nitrogens is 1. The van der Waals surface area contributed by atoms with Gasteiger partial charge in [0.2, 0.25) is 11.8 Å². The van der Waals surface area contributed by atoms with Crippen LogP contribution in [0.25, 0.3) is 11.0 Å². The third kappa shape index (κ3) is 4.92. The van der Waals surface area contributed by atoms with E-state index in [9.17, 15) is 9.59 Å². The Hall–Kier alpha value is -2.80. The van der Waals surface area contributed by atoms with E-state index < -0.39 is 0 Å².